The maximum absolute atomic E-state index is 12.7. The Labute approximate surface area is 153 Å². The Bertz CT molecular complexity index is 999. The predicted octanol–water partition coefficient (Wildman–Crippen LogP) is 2.97. The standard InChI is InChI=1S/C22H24N2O2/c1-3-4-8-15-26-20-13-11-18(12-14-20)16-21-17(2)23-24(22(21)25)19-9-6-5-7-10-19/h5-7,9-14,16,23H,2-4,8,15H2,1H3/b21-16-. The van der Waals surface area contributed by atoms with Gasteiger partial charge in [-0.05, 0) is 42.3 Å². The molecule has 0 atom stereocenters. The second-order valence-electron chi connectivity index (χ2n) is 6.25. The minimum absolute atomic E-state index is 0.110. The molecule has 1 aromatic heterocycles. The van der Waals surface area contributed by atoms with Gasteiger partial charge in [0.1, 0.15) is 5.75 Å². The Hall–Kier alpha value is -3.01. The number of unbranched alkanes of at least 4 members (excludes halogenated alkanes) is 2. The number of nitrogens with zero attached hydrogens (tertiary/aromatic N) is 1. The first-order valence-electron chi connectivity index (χ1n) is 8.99. The van der Waals surface area contributed by atoms with Gasteiger partial charge >= 0.3 is 0 Å². The average Bonchev–Trinajstić information content (AvgIpc) is 2.95. The fourth-order valence-electron chi connectivity index (χ4n) is 2.77. The lowest BCUT2D eigenvalue weighted by Gasteiger charge is -2.05. The van der Waals surface area contributed by atoms with Crippen molar-refractivity contribution in [2.75, 3.05) is 6.61 Å². The van der Waals surface area contributed by atoms with Crippen LogP contribution in [0.3, 0.4) is 0 Å². The molecular weight excluding hydrogens is 324 g/mol. The largest absolute Gasteiger partial charge is 0.494 e. The van der Waals surface area contributed by atoms with Gasteiger partial charge in [-0.25, -0.2) is 4.68 Å². The number of nitrogens with one attached hydrogen (secondary N) is 1. The zero-order valence-electron chi connectivity index (χ0n) is 15.1. The summed E-state index contributed by atoms with van der Waals surface area (Å²) in [6, 6.07) is 17.2. The van der Waals surface area contributed by atoms with E-state index in [1.165, 1.54) is 17.5 Å². The molecule has 0 aliphatic carbocycles. The fraction of sp³-hybridized carbons (Fsp3) is 0.227. The number of rotatable bonds is 7. The third-order valence-electron chi connectivity index (χ3n) is 4.23. The van der Waals surface area contributed by atoms with Gasteiger partial charge in [-0.1, -0.05) is 56.7 Å². The summed E-state index contributed by atoms with van der Waals surface area (Å²) in [6.45, 7) is 6.88. The normalized spacial score (nSPS) is 11.7. The number of ether oxygens (including phenoxy) is 1. The molecule has 1 N–H and O–H groups in total. The molecule has 0 amide bonds. The molecule has 0 aliphatic heterocycles. The van der Waals surface area contributed by atoms with Gasteiger partial charge in [0.15, 0.2) is 0 Å². The van der Waals surface area contributed by atoms with Crippen molar-refractivity contribution < 1.29 is 4.74 Å². The summed E-state index contributed by atoms with van der Waals surface area (Å²) in [4.78, 5) is 12.7. The highest BCUT2D eigenvalue weighted by Crippen LogP contribution is 2.13. The highest BCUT2D eigenvalue weighted by atomic mass is 16.5. The lowest BCUT2D eigenvalue weighted by atomic mass is 10.2. The van der Waals surface area contributed by atoms with Crippen molar-refractivity contribution in [1.29, 1.82) is 0 Å². The van der Waals surface area contributed by atoms with E-state index in [4.69, 9.17) is 4.74 Å². The lowest BCUT2D eigenvalue weighted by molar-refractivity contribution is 0.306. The van der Waals surface area contributed by atoms with Crippen molar-refractivity contribution in [2.45, 2.75) is 26.2 Å². The average molecular weight is 348 g/mol. The van der Waals surface area contributed by atoms with E-state index in [0.29, 0.717) is 10.6 Å². The number of aromatic nitrogens is 2. The molecule has 0 saturated heterocycles. The summed E-state index contributed by atoms with van der Waals surface area (Å²) in [5.41, 5.74) is 1.62. The minimum Gasteiger partial charge on any atom is -0.494 e. The lowest BCUT2D eigenvalue weighted by Crippen LogP contribution is -2.33. The number of H-pyrrole nitrogens is 1. The highest BCUT2D eigenvalue weighted by Gasteiger charge is 2.04. The van der Waals surface area contributed by atoms with Gasteiger partial charge in [-0.15, -0.1) is 0 Å². The third-order valence-corrected chi connectivity index (χ3v) is 4.23. The third kappa shape index (κ3) is 4.14. The summed E-state index contributed by atoms with van der Waals surface area (Å²) in [7, 11) is 0. The van der Waals surface area contributed by atoms with Crippen LogP contribution in [0.15, 0.2) is 59.4 Å². The van der Waals surface area contributed by atoms with Crippen molar-refractivity contribution >= 4 is 12.7 Å². The van der Waals surface area contributed by atoms with Gasteiger partial charge in [0.2, 0.25) is 0 Å². The molecule has 0 aliphatic rings. The summed E-state index contributed by atoms with van der Waals surface area (Å²) in [5.74, 6) is 0.851. The van der Waals surface area contributed by atoms with Gasteiger partial charge in [-0.3, -0.25) is 9.89 Å². The second-order valence-corrected chi connectivity index (χ2v) is 6.25. The Morgan fingerprint density at radius 1 is 1.08 bits per heavy atom. The van der Waals surface area contributed by atoms with Crippen molar-refractivity contribution in [3.05, 3.63) is 81.1 Å². The molecule has 0 radical (unpaired) electrons. The van der Waals surface area contributed by atoms with E-state index in [1.54, 1.807) is 0 Å². The van der Waals surface area contributed by atoms with Crippen LogP contribution in [0, 0.1) is 0 Å². The molecule has 4 heteroatoms. The Balaban J connectivity index is 1.83. The van der Waals surface area contributed by atoms with Crippen LogP contribution >= 0.6 is 0 Å². The van der Waals surface area contributed by atoms with Crippen LogP contribution < -0.4 is 20.9 Å². The second kappa shape index (κ2) is 8.39. The number of hydrogen-bond donors (Lipinski definition) is 1. The van der Waals surface area contributed by atoms with Crippen LogP contribution in [0.4, 0.5) is 0 Å². The molecule has 0 fully saturated rings. The van der Waals surface area contributed by atoms with Gasteiger partial charge in [0, 0.05) is 0 Å². The summed E-state index contributed by atoms with van der Waals surface area (Å²) >= 11 is 0. The SMILES string of the molecule is C=c1[nH]n(-c2ccccc2)c(=O)/c1=C\c1ccc(OCCCCC)cc1. The van der Waals surface area contributed by atoms with Crippen LogP contribution in [0.1, 0.15) is 31.7 Å². The van der Waals surface area contributed by atoms with Gasteiger partial charge in [0.25, 0.3) is 5.56 Å². The molecule has 0 spiro atoms. The van der Waals surface area contributed by atoms with Crippen LogP contribution in [-0.2, 0) is 0 Å². The maximum atomic E-state index is 12.7. The Morgan fingerprint density at radius 2 is 1.81 bits per heavy atom. The Morgan fingerprint density at radius 3 is 2.50 bits per heavy atom. The number of para-hydroxylation sites is 1. The van der Waals surface area contributed by atoms with E-state index in [2.05, 4.69) is 18.6 Å². The van der Waals surface area contributed by atoms with Gasteiger partial charge < -0.3 is 4.74 Å². The smallest absolute Gasteiger partial charge is 0.279 e. The monoisotopic (exact) mass is 348 g/mol. The first kappa shape index (κ1) is 17.8. The first-order valence-corrected chi connectivity index (χ1v) is 8.99. The molecule has 4 nitrogen and oxygen atoms in total. The maximum Gasteiger partial charge on any atom is 0.279 e. The van der Waals surface area contributed by atoms with E-state index >= 15 is 0 Å². The highest BCUT2D eigenvalue weighted by molar-refractivity contribution is 5.51. The van der Waals surface area contributed by atoms with Crippen LogP contribution in [0.5, 0.6) is 5.75 Å². The van der Waals surface area contributed by atoms with Crippen molar-refractivity contribution in [3.8, 4) is 11.4 Å². The molecule has 2 aromatic carbocycles. The molecule has 0 unspecified atom stereocenters. The van der Waals surface area contributed by atoms with Gasteiger partial charge in [-0.2, -0.15) is 0 Å². The molecule has 1 heterocycles. The van der Waals surface area contributed by atoms with Gasteiger partial charge in [0.05, 0.1) is 22.9 Å². The van der Waals surface area contributed by atoms with E-state index in [1.807, 2.05) is 60.7 Å². The number of hydrogen-bond acceptors (Lipinski definition) is 2. The summed E-state index contributed by atoms with van der Waals surface area (Å²) in [5, 5.41) is 4.19. The molecule has 26 heavy (non-hydrogen) atoms. The van der Waals surface area contributed by atoms with Crippen molar-refractivity contribution in [1.82, 2.24) is 9.78 Å². The van der Waals surface area contributed by atoms with E-state index in [-0.39, 0.29) is 5.56 Å². The zero-order valence-corrected chi connectivity index (χ0v) is 15.1. The minimum atomic E-state index is -0.110. The van der Waals surface area contributed by atoms with E-state index in [9.17, 15) is 4.79 Å². The fourth-order valence-corrected chi connectivity index (χ4v) is 2.77. The molecule has 3 aromatic rings. The quantitative estimate of drug-likeness (QED) is 0.667. The van der Waals surface area contributed by atoms with Crippen LogP contribution in [-0.4, -0.2) is 16.4 Å². The van der Waals surface area contributed by atoms with E-state index < -0.39 is 0 Å². The summed E-state index contributed by atoms with van der Waals surface area (Å²) in [6.07, 6.45) is 5.28. The molecule has 134 valence electrons. The van der Waals surface area contributed by atoms with Crippen LogP contribution in [0.2, 0.25) is 0 Å². The molecule has 3 rings (SSSR count). The van der Waals surface area contributed by atoms with E-state index in [0.717, 1.165) is 30.0 Å². The predicted molar refractivity (Wildman–Crippen MR) is 106 cm³/mol. The zero-order chi connectivity index (χ0) is 18.4. The number of aromatic amines is 1. The number of benzene rings is 2. The molecule has 0 bridgehead atoms. The molecular formula is C22H24N2O2. The first-order chi connectivity index (χ1) is 12.7. The van der Waals surface area contributed by atoms with Crippen molar-refractivity contribution in [2.24, 2.45) is 0 Å². The van der Waals surface area contributed by atoms with Crippen molar-refractivity contribution in [3.63, 3.8) is 0 Å². The summed E-state index contributed by atoms with van der Waals surface area (Å²) < 4.78 is 7.24. The Kier molecular flexibility index (Phi) is 5.74. The molecule has 0 saturated carbocycles. The van der Waals surface area contributed by atoms with Crippen LogP contribution in [0.25, 0.3) is 18.3 Å². The topological polar surface area (TPSA) is 47.0 Å².